The summed E-state index contributed by atoms with van der Waals surface area (Å²) in [5.41, 5.74) is 1.89. The van der Waals surface area contributed by atoms with Gasteiger partial charge in [-0.3, -0.25) is 4.98 Å². The molecule has 0 spiro atoms. The van der Waals surface area contributed by atoms with Gasteiger partial charge in [0.1, 0.15) is 0 Å². The predicted octanol–water partition coefficient (Wildman–Crippen LogP) is 1.45. The lowest BCUT2D eigenvalue weighted by Gasteiger charge is -1.94. The molecule has 5 nitrogen and oxygen atoms in total. The van der Waals surface area contributed by atoms with Crippen LogP contribution in [0.5, 0.6) is 0 Å². The molecule has 2 heterocycles. The molecule has 0 aliphatic heterocycles. The lowest BCUT2D eigenvalue weighted by atomic mass is 10.2. The Morgan fingerprint density at radius 2 is 2.20 bits per heavy atom. The van der Waals surface area contributed by atoms with E-state index in [1.165, 1.54) is 0 Å². The fourth-order valence-corrected chi connectivity index (χ4v) is 1.25. The van der Waals surface area contributed by atoms with E-state index in [2.05, 4.69) is 27.3 Å². The van der Waals surface area contributed by atoms with Crippen molar-refractivity contribution in [1.29, 1.82) is 0 Å². The molecule has 2 aromatic rings. The normalized spacial score (nSPS) is 10.5. The van der Waals surface area contributed by atoms with Crippen LogP contribution in [0.1, 0.15) is 19.0 Å². The lowest BCUT2D eigenvalue weighted by Crippen LogP contribution is -2.00. The highest BCUT2D eigenvalue weighted by molar-refractivity contribution is 5.51. The Bertz CT molecular complexity index is 431. The van der Waals surface area contributed by atoms with Gasteiger partial charge >= 0.3 is 0 Å². The molecule has 15 heavy (non-hydrogen) atoms. The smallest absolute Gasteiger partial charge is 0.206 e. The number of rotatable bonds is 3. The van der Waals surface area contributed by atoms with Crippen molar-refractivity contribution in [2.75, 3.05) is 0 Å². The first-order valence-corrected chi connectivity index (χ1v) is 5.00. The van der Waals surface area contributed by atoms with Gasteiger partial charge in [0.25, 0.3) is 0 Å². The topological polar surface area (TPSA) is 56.5 Å². The summed E-state index contributed by atoms with van der Waals surface area (Å²) in [5.74, 6) is 0.635. The zero-order valence-corrected chi connectivity index (χ0v) is 8.88. The van der Waals surface area contributed by atoms with Crippen LogP contribution in [0.25, 0.3) is 11.4 Å². The fraction of sp³-hybridized carbons (Fsp3) is 0.400. The molecular weight excluding hydrogens is 190 g/mol. The SMILES string of the molecule is CCCn1nnc(-c2ccc(C)nc2)n1. The number of hydrogen-bond acceptors (Lipinski definition) is 4. The number of aryl methyl sites for hydroxylation is 2. The van der Waals surface area contributed by atoms with E-state index in [4.69, 9.17) is 0 Å². The fourth-order valence-electron chi connectivity index (χ4n) is 1.25. The average molecular weight is 203 g/mol. The highest BCUT2D eigenvalue weighted by atomic mass is 15.6. The number of tetrazole rings is 1. The van der Waals surface area contributed by atoms with Crippen molar-refractivity contribution in [1.82, 2.24) is 25.2 Å². The van der Waals surface area contributed by atoms with Crippen molar-refractivity contribution in [3.05, 3.63) is 24.0 Å². The highest BCUT2D eigenvalue weighted by Crippen LogP contribution is 2.11. The second-order valence-electron chi connectivity index (χ2n) is 3.40. The van der Waals surface area contributed by atoms with Crippen molar-refractivity contribution in [2.45, 2.75) is 26.8 Å². The first-order chi connectivity index (χ1) is 7.29. The van der Waals surface area contributed by atoms with Crippen molar-refractivity contribution >= 4 is 0 Å². The van der Waals surface area contributed by atoms with Crippen LogP contribution < -0.4 is 0 Å². The van der Waals surface area contributed by atoms with Gasteiger partial charge in [0, 0.05) is 17.5 Å². The maximum atomic E-state index is 4.25. The van der Waals surface area contributed by atoms with E-state index >= 15 is 0 Å². The van der Waals surface area contributed by atoms with Crippen LogP contribution in [0.4, 0.5) is 0 Å². The molecule has 0 N–H and O–H groups in total. The summed E-state index contributed by atoms with van der Waals surface area (Å²) in [4.78, 5) is 5.80. The number of pyridine rings is 1. The second-order valence-corrected chi connectivity index (χ2v) is 3.40. The van der Waals surface area contributed by atoms with Gasteiger partial charge < -0.3 is 0 Å². The minimum absolute atomic E-state index is 0.635. The van der Waals surface area contributed by atoms with Gasteiger partial charge in [-0.2, -0.15) is 4.80 Å². The molecule has 2 aromatic heterocycles. The van der Waals surface area contributed by atoms with Crippen molar-refractivity contribution in [2.24, 2.45) is 0 Å². The van der Waals surface area contributed by atoms with Crippen molar-refractivity contribution in [3.8, 4) is 11.4 Å². The van der Waals surface area contributed by atoms with Gasteiger partial charge in [-0.15, -0.1) is 10.2 Å². The van der Waals surface area contributed by atoms with E-state index in [-0.39, 0.29) is 0 Å². The van der Waals surface area contributed by atoms with E-state index < -0.39 is 0 Å². The highest BCUT2D eigenvalue weighted by Gasteiger charge is 2.04. The molecule has 0 bridgehead atoms. The van der Waals surface area contributed by atoms with E-state index in [9.17, 15) is 0 Å². The Morgan fingerprint density at radius 3 is 2.87 bits per heavy atom. The maximum absolute atomic E-state index is 4.25. The Labute approximate surface area is 88.2 Å². The van der Waals surface area contributed by atoms with Gasteiger partial charge in [-0.1, -0.05) is 6.92 Å². The standard InChI is InChI=1S/C10H13N5/c1-3-6-15-13-10(12-14-15)9-5-4-8(2)11-7-9/h4-5,7H,3,6H2,1-2H3. The monoisotopic (exact) mass is 203 g/mol. The van der Waals surface area contributed by atoms with Gasteiger partial charge in [-0.25, -0.2) is 0 Å². The van der Waals surface area contributed by atoms with Gasteiger partial charge in [-0.05, 0) is 30.7 Å². The Hall–Kier alpha value is -1.78. The summed E-state index contributed by atoms with van der Waals surface area (Å²) in [6.45, 7) is 4.83. The summed E-state index contributed by atoms with van der Waals surface area (Å²) in [5, 5.41) is 12.2. The van der Waals surface area contributed by atoms with Gasteiger partial charge in [0.2, 0.25) is 5.82 Å². The quantitative estimate of drug-likeness (QED) is 0.757. The van der Waals surface area contributed by atoms with Crippen LogP contribution in [0.2, 0.25) is 0 Å². The van der Waals surface area contributed by atoms with Crippen LogP contribution in [-0.2, 0) is 6.54 Å². The maximum Gasteiger partial charge on any atom is 0.206 e. The molecular formula is C10H13N5. The minimum Gasteiger partial charge on any atom is -0.261 e. The molecule has 78 valence electrons. The van der Waals surface area contributed by atoms with Crippen LogP contribution in [0.15, 0.2) is 18.3 Å². The predicted molar refractivity (Wildman–Crippen MR) is 56.1 cm³/mol. The number of nitrogens with zero attached hydrogens (tertiary/aromatic N) is 5. The zero-order valence-electron chi connectivity index (χ0n) is 8.88. The van der Waals surface area contributed by atoms with Gasteiger partial charge in [0.15, 0.2) is 0 Å². The molecule has 0 fully saturated rings. The number of aromatic nitrogens is 5. The second kappa shape index (κ2) is 4.16. The third-order valence-corrected chi connectivity index (χ3v) is 2.05. The van der Waals surface area contributed by atoms with Crippen LogP contribution >= 0.6 is 0 Å². The number of hydrogen-bond donors (Lipinski definition) is 0. The molecule has 0 unspecified atom stereocenters. The van der Waals surface area contributed by atoms with Crippen LogP contribution in [-0.4, -0.2) is 25.2 Å². The Balaban J connectivity index is 2.25. The summed E-state index contributed by atoms with van der Waals surface area (Å²) in [7, 11) is 0. The molecule has 5 heteroatoms. The van der Waals surface area contributed by atoms with Gasteiger partial charge in [0.05, 0.1) is 6.54 Å². The Morgan fingerprint density at radius 1 is 1.33 bits per heavy atom. The lowest BCUT2D eigenvalue weighted by molar-refractivity contribution is 0.515. The summed E-state index contributed by atoms with van der Waals surface area (Å²) in [6.07, 6.45) is 2.77. The molecule has 0 radical (unpaired) electrons. The van der Waals surface area contributed by atoms with Crippen LogP contribution in [0.3, 0.4) is 0 Å². The Kier molecular flexibility index (Phi) is 2.71. The van der Waals surface area contributed by atoms with Crippen molar-refractivity contribution < 1.29 is 0 Å². The summed E-state index contributed by atoms with van der Waals surface area (Å²) in [6, 6.07) is 3.89. The molecule has 0 saturated carbocycles. The molecule has 0 aliphatic carbocycles. The molecule has 0 saturated heterocycles. The zero-order chi connectivity index (χ0) is 10.7. The first kappa shape index (κ1) is 9.76. The molecule has 0 atom stereocenters. The summed E-state index contributed by atoms with van der Waals surface area (Å²) >= 11 is 0. The molecule has 0 aliphatic rings. The van der Waals surface area contributed by atoms with E-state index in [0.717, 1.165) is 24.2 Å². The largest absolute Gasteiger partial charge is 0.261 e. The molecule has 2 rings (SSSR count). The van der Waals surface area contributed by atoms with Crippen LogP contribution in [0, 0.1) is 6.92 Å². The van der Waals surface area contributed by atoms with E-state index in [0.29, 0.717) is 5.82 Å². The molecule has 0 aromatic carbocycles. The first-order valence-electron chi connectivity index (χ1n) is 5.00. The third kappa shape index (κ3) is 2.18. The summed E-state index contributed by atoms with van der Waals surface area (Å²) < 4.78 is 0. The minimum atomic E-state index is 0.635. The van der Waals surface area contributed by atoms with E-state index in [1.807, 2.05) is 19.1 Å². The van der Waals surface area contributed by atoms with E-state index in [1.54, 1.807) is 11.0 Å². The average Bonchev–Trinajstić information content (AvgIpc) is 2.68. The molecule has 0 amide bonds. The third-order valence-electron chi connectivity index (χ3n) is 2.05. The van der Waals surface area contributed by atoms with Crippen molar-refractivity contribution in [3.63, 3.8) is 0 Å².